The van der Waals surface area contributed by atoms with Gasteiger partial charge in [-0.15, -0.1) is 0 Å². The third kappa shape index (κ3) is 7.14. The largest absolute Gasteiger partial charge is 0.465 e. The molecule has 0 aromatic heterocycles. The fraction of sp³-hybridized carbons (Fsp3) is 0.760. The van der Waals surface area contributed by atoms with Gasteiger partial charge in [-0.2, -0.15) is 0 Å². The molecule has 0 heterocycles. The van der Waals surface area contributed by atoms with Gasteiger partial charge >= 0.3 is 0 Å². The Morgan fingerprint density at radius 3 is 2.15 bits per heavy atom. The second-order valence-corrected chi connectivity index (χ2v) is 9.54. The monoisotopic (exact) mass is 374 g/mol. The molecule has 2 heteroatoms. The zero-order chi connectivity index (χ0) is 19.9. The van der Waals surface area contributed by atoms with Gasteiger partial charge in [0, 0.05) is 6.42 Å². The average molecular weight is 375 g/mol. The van der Waals surface area contributed by atoms with Crippen LogP contribution < -0.4 is 4.74 Å². The fourth-order valence-corrected chi connectivity index (χ4v) is 4.07. The molecule has 0 radical (unpaired) electrons. The van der Waals surface area contributed by atoms with E-state index in [0.717, 1.165) is 24.5 Å². The van der Waals surface area contributed by atoms with E-state index in [2.05, 4.69) is 65.8 Å². The highest BCUT2D eigenvalue weighted by molar-refractivity contribution is 5.29. The molecule has 0 saturated heterocycles. The lowest BCUT2D eigenvalue weighted by atomic mass is 9.72. The van der Waals surface area contributed by atoms with Crippen LogP contribution in [0.25, 0.3) is 0 Å². The lowest BCUT2D eigenvalue weighted by Crippen LogP contribution is -2.33. The molecule has 0 spiro atoms. The molecule has 1 fully saturated rings. The minimum Gasteiger partial charge on any atom is -0.465 e. The average Bonchev–Trinajstić information content (AvgIpc) is 2.65. The van der Waals surface area contributed by atoms with E-state index in [4.69, 9.17) is 9.47 Å². The van der Waals surface area contributed by atoms with Crippen molar-refractivity contribution < 1.29 is 9.47 Å². The minimum absolute atomic E-state index is 0.115. The van der Waals surface area contributed by atoms with Gasteiger partial charge in [0.05, 0.1) is 6.10 Å². The number of ether oxygens (including phenoxy) is 2. The van der Waals surface area contributed by atoms with Crippen molar-refractivity contribution in [2.45, 2.75) is 111 Å². The normalized spacial score (nSPS) is 23.0. The van der Waals surface area contributed by atoms with E-state index in [1.165, 1.54) is 44.1 Å². The van der Waals surface area contributed by atoms with Gasteiger partial charge in [0.2, 0.25) is 0 Å². The Labute approximate surface area is 168 Å². The summed E-state index contributed by atoms with van der Waals surface area (Å²) in [5.74, 6) is 2.36. The molecular formula is C25H42O2. The van der Waals surface area contributed by atoms with Crippen LogP contribution in [0.15, 0.2) is 24.3 Å². The molecule has 1 aliphatic rings. The highest BCUT2D eigenvalue weighted by Gasteiger charge is 2.31. The summed E-state index contributed by atoms with van der Waals surface area (Å²) in [6, 6.07) is 8.63. The van der Waals surface area contributed by atoms with Gasteiger partial charge < -0.3 is 9.47 Å². The van der Waals surface area contributed by atoms with E-state index in [9.17, 15) is 0 Å². The molecule has 2 rings (SSSR count). The van der Waals surface area contributed by atoms with E-state index in [0.29, 0.717) is 17.4 Å². The molecule has 2 unspecified atom stereocenters. The van der Waals surface area contributed by atoms with Crippen LogP contribution >= 0.6 is 0 Å². The molecule has 1 saturated carbocycles. The highest BCUT2D eigenvalue weighted by Crippen LogP contribution is 2.39. The second kappa shape index (κ2) is 10.5. The highest BCUT2D eigenvalue weighted by atomic mass is 16.7. The predicted molar refractivity (Wildman–Crippen MR) is 115 cm³/mol. The summed E-state index contributed by atoms with van der Waals surface area (Å²) in [6.45, 7) is 13.8. The summed E-state index contributed by atoms with van der Waals surface area (Å²) in [5.41, 5.74) is 1.80. The molecule has 1 aliphatic carbocycles. The molecule has 1 aromatic carbocycles. The van der Waals surface area contributed by atoms with Crippen molar-refractivity contribution >= 4 is 0 Å². The second-order valence-electron chi connectivity index (χ2n) is 9.54. The van der Waals surface area contributed by atoms with Crippen molar-refractivity contribution in [2.24, 2.45) is 11.3 Å². The van der Waals surface area contributed by atoms with Crippen molar-refractivity contribution in [3.05, 3.63) is 29.8 Å². The molecule has 27 heavy (non-hydrogen) atoms. The summed E-state index contributed by atoms with van der Waals surface area (Å²) in [4.78, 5) is 0. The topological polar surface area (TPSA) is 18.5 Å². The summed E-state index contributed by atoms with van der Waals surface area (Å²) in [6.07, 6.45) is 9.58. The standard InChI is InChI=1S/C25H42O2/c1-7-9-10-24(26-22-15-11-20(12-16-22)19(3)8-2)27-23-17-13-21(14-18-23)25(4,5)6/h11-12,15-16,19,21,23-24H,7-10,13-14,17-18H2,1-6H3. The van der Waals surface area contributed by atoms with Crippen LogP contribution in [0.2, 0.25) is 0 Å². The quantitative estimate of drug-likeness (QED) is 0.412. The number of hydrogen-bond donors (Lipinski definition) is 0. The van der Waals surface area contributed by atoms with Gasteiger partial charge in [-0.05, 0) is 73.5 Å². The van der Waals surface area contributed by atoms with E-state index in [1.54, 1.807) is 0 Å². The summed E-state index contributed by atoms with van der Waals surface area (Å²) < 4.78 is 12.7. The first-order chi connectivity index (χ1) is 12.8. The Bertz CT molecular complexity index is 520. The maximum Gasteiger partial charge on any atom is 0.200 e. The lowest BCUT2D eigenvalue weighted by Gasteiger charge is -2.37. The zero-order valence-corrected chi connectivity index (χ0v) is 18.6. The Kier molecular flexibility index (Phi) is 8.66. The van der Waals surface area contributed by atoms with Crippen LogP contribution in [0.4, 0.5) is 0 Å². The van der Waals surface area contributed by atoms with Crippen molar-refractivity contribution in [1.29, 1.82) is 0 Å². The first-order valence-corrected chi connectivity index (χ1v) is 11.3. The molecule has 0 bridgehead atoms. The van der Waals surface area contributed by atoms with Crippen LogP contribution in [0.5, 0.6) is 5.75 Å². The lowest BCUT2D eigenvalue weighted by molar-refractivity contribution is -0.137. The van der Waals surface area contributed by atoms with E-state index >= 15 is 0 Å². The summed E-state index contributed by atoms with van der Waals surface area (Å²) in [7, 11) is 0. The summed E-state index contributed by atoms with van der Waals surface area (Å²) >= 11 is 0. The number of benzene rings is 1. The van der Waals surface area contributed by atoms with Gasteiger partial charge in [-0.3, -0.25) is 0 Å². The van der Waals surface area contributed by atoms with Crippen LogP contribution in [-0.4, -0.2) is 12.4 Å². The third-order valence-electron chi connectivity index (χ3n) is 6.37. The SMILES string of the molecule is CCCCC(Oc1ccc(C(C)CC)cc1)OC1CCC(C(C)(C)C)CC1. The summed E-state index contributed by atoms with van der Waals surface area (Å²) in [5, 5.41) is 0. The number of hydrogen-bond acceptors (Lipinski definition) is 2. The molecule has 2 atom stereocenters. The van der Waals surface area contributed by atoms with Crippen molar-refractivity contribution in [3.8, 4) is 5.75 Å². The molecule has 1 aromatic rings. The van der Waals surface area contributed by atoms with Crippen molar-refractivity contribution in [3.63, 3.8) is 0 Å². The maximum atomic E-state index is 6.44. The molecule has 154 valence electrons. The molecule has 2 nitrogen and oxygen atoms in total. The smallest absolute Gasteiger partial charge is 0.200 e. The fourth-order valence-electron chi connectivity index (χ4n) is 4.07. The maximum absolute atomic E-state index is 6.44. The van der Waals surface area contributed by atoms with Crippen LogP contribution in [0.1, 0.15) is 104 Å². The van der Waals surface area contributed by atoms with Gasteiger partial charge in [0.25, 0.3) is 0 Å². The predicted octanol–water partition coefficient (Wildman–Crippen LogP) is 7.72. The molecule has 0 N–H and O–H groups in total. The Hall–Kier alpha value is -1.02. The van der Waals surface area contributed by atoms with Crippen LogP contribution in [-0.2, 0) is 4.74 Å². The molecule has 0 amide bonds. The Morgan fingerprint density at radius 2 is 1.63 bits per heavy atom. The van der Waals surface area contributed by atoms with E-state index in [-0.39, 0.29) is 6.29 Å². The Balaban J connectivity index is 1.91. The molecule has 0 aliphatic heterocycles. The van der Waals surface area contributed by atoms with Crippen molar-refractivity contribution in [2.75, 3.05) is 0 Å². The van der Waals surface area contributed by atoms with E-state index < -0.39 is 0 Å². The number of rotatable bonds is 9. The minimum atomic E-state index is -0.115. The first-order valence-electron chi connectivity index (χ1n) is 11.3. The molecular weight excluding hydrogens is 332 g/mol. The zero-order valence-electron chi connectivity index (χ0n) is 18.6. The first kappa shape index (κ1) is 22.3. The van der Waals surface area contributed by atoms with Crippen molar-refractivity contribution in [1.82, 2.24) is 0 Å². The third-order valence-corrected chi connectivity index (χ3v) is 6.37. The van der Waals surface area contributed by atoms with Crippen LogP contribution in [0.3, 0.4) is 0 Å². The van der Waals surface area contributed by atoms with E-state index in [1.807, 2.05) is 0 Å². The van der Waals surface area contributed by atoms with Gasteiger partial charge in [-0.25, -0.2) is 0 Å². The van der Waals surface area contributed by atoms with Crippen LogP contribution in [0, 0.1) is 11.3 Å². The number of unbranched alkanes of at least 4 members (excludes halogenated alkanes) is 1. The van der Waals surface area contributed by atoms with Gasteiger partial charge in [-0.1, -0.05) is 60.1 Å². The van der Waals surface area contributed by atoms with Gasteiger partial charge in [0.1, 0.15) is 5.75 Å². The van der Waals surface area contributed by atoms with Gasteiger partial charge in [0.15, 0.2) is 6.29 Å². The Morgan fingerprint density at radius 1 is 1.00 bits per heavy atom.